The number of rotatable bonds is 9. The van der Waals surface area contributed by atoms with Crippen molar-refractivity contribution in [1.29, 1.82) is 5.26 Å². The first-order chi connectivity index (χ1) is 30.6. The molecule has 3 saturated heterocycles. The number of nitrogens with one attached hydrogen (secondary N) is 1. The van der Waals surface area contributed by atoms with E-state index >= 15 is 0 Å². The minimum absolute atomic E-state index is 0.0710. The molecule has 15 heteroatoms. The summed E-state index contributed by atoms with van der Waals surface area (Å²) in [4.78, 5) is 61.8. The first-order valence-corrected chi connectivity index (χ1v) is 21.7. The smallest absolute Gasteiger partial charge is 0.265 e. The van der Waals surface area contributed by atoms with Crippen LogP contribution >= 0.6 is 0 Å². The zero-order chi connectivity index (χ0) is 43.4. The minimum atomic E-state index is -0.907. The van der Waals surface area contributed by atoms with Gasteiger partial charge in [0.05, 0.1) is 28.8 Å². The van der Waals surface area contributed by atoms with Gasteiger partial charge in [-0.05, 0) is 136 Å². The molecule has 0 spiro atoms. The van der Waals surface area contributed by atoms with E-state index in [0.29, 0.717) is 41.7 Å². The predicted molar refractivity (Wildman–Crippen MR) is 228 cm³/mol. The number of halogens is 2. The Balaban J connectivity index is 0.684. The molecular formula is C48H45F2N7O6. The summed E-state index contributed by atoms with van der Waals surface area (Å²) in [6.45, 7) is 4.16. The van der Waals surface area contributed by atoms with Gasteiger partial charge in [0.15, 0.2) is 11.6 Å². The van der Waals surface area contributed by atoms with Crippen LogP contribution in [0.5, 0.6) is 11.5 Å². The number of likely N-dealkylation sites (tertiary alicyclic amines) is 1. The summed E-state index contributed by atoms with van der Waals surface area (Å²) in [5.41, 5.74) is 4.01. The second-order valence-electron chi connectivity index (χ2n) is 17.3. The molecule has 10 rings (SSSR count). The standard InChI is InChI=1S/C48H45F2N7O6/c49-40-8-9-41(50)45(39(40)25-51)63-35-6-10-42-38(24-35)48(61)57(27-52-42)31-3-1-28(2-4-31)29-13-17-55(18-14-29)33-22-36(23-33)62-34-15-19-54(20-16-34)32-5-7-37-30(21-32)26-56(47(37)60)43-11-12-44(58)53-46(43)59/h1-10,21,24,27,29,33-34,36,43H,11-20,22-23,26H2,(H,53,58,59). The number of carbonyl (C=O) groups is 3. The quantitative estimate of drug-likeness (QED) is 0.163. The van der Waals surface area contributed by atoms with Crippen molar-refractivity contribution in [1.82, 2.24) is 24.7 Å². The van der Waals surface area contributed by atoms with Crippen LogP contribution in [0.3, 0.4) is 0 Å². The van der Waals surface area contributed by atoms with Crippen LogP contribution in [0, 0.1) is 23.0 Å². The van der Waals surface area contributed by atoms with Gasteiger partial charge in [-0.25, -0.2) is 13.8 Å². The number of nitriles is 1. The highest BCUT2D eigenvalue weighted by molar-refractivity contribution is 6.05. The number of hydrogen-bond donors (Lipinski definition) is 1. The van der Waals surface area contributed by atoms with Crippen molar-refractivity contribution in [3.8, 4) is 23.3 Å². The number of carbonyl (C=O) groups excluding carboxylic acids is 3. The molecule has 4 aromatic carbocycles. The number of aromatic nitrogens is 2. The molecule has 5 aliphatic rings. The van der Waals surface area contributed by atoms with E-state index in [0.717, 1.165) is 88.1 Å². The fraction of sp³-hybridized carbons (Fsp3) is 0.375. The Kier molecular flexibility index (Phi) is 10.7. The number of nitrogens with zero attached hydrogens (tertiary/aromatic N) is 6. The Morgan fingerprint density at radius 1 is 0.794 bits per heavy atom. The van der Waals surface area contributed by atoms with Crippen molar-refractivity contribution in [3.05, 3.63) is 123 Å². The number of amides is 3. The summed E-state index contributed by atoms with van der Waals surface area (Å²) >= 11 is 0. The molecule has 5 aromatic rings. The maximum absolute atomic E-state index is 14.5. The van der Waals surface area contributed by atoms with Crippen LogP contribution in [0.15, 0.2) is 83.9 Å². The van der Waals surface area contributed by atoms with Crippen molar-refractivity contribution in [3.63, 3.8) is 0 Å². The number of imide groups is 1. The maximum atomic E-state index is 14.5. The number of piperidine rings is 3. The normalized spacial score (nSPS) is 22.2. The number of anilines is 1. The molecule has 63 heavy (non-hydrogen) atoms. The molecule has 4 fully saturated rings. The van der Waals surface area contributed by atoms with E-state index in [1.54, 1.807) is 17.0 Å². The lowest BCUT2D eigenvalue weighted by molar-refractivity contribution is -0.136. The third-order valence-electron chi connectivity index (χ3n) is 13.6. The van der Waals surface area contributed by atoms with Crippen LogP contribution in [0.25, 0.3) is 16.6 Å². The number of fused-ring (bicyclic) bond motifs is 2. The Bertz CT molecular complexity index is 2730. The third-order valence-corrected chi connectivity index (χ3v) is 13.6. The average Bonchev–Trinajstić information content (AvgIpc) is 3.61. The van der Waals surface area contributed by atoms with Gasteiger partial charge in [-0.3, -0.25) is 29.1 Å². The van der Waals surface area contributed by atoms with E-state index < -0.39 is 34.9 Å². The number of ether oxygens (including phenoxy) is 2. The molecule has 5 heterocycles. The van der Waals surface area contributed by atoms with Gasteiger partial charge >= 0.3 is 0 Å². The fourth-order valence-corrected chi connectivity index (χ4v) is 9.94. The third kappa shape index (κ3) is 7.82. The zero-order valence-corrected chi connectivity index (χ0v) is 34.5. The van der Waals surface area contributed by atoms with Crippen LogP contribution in [0.1, 0.15) is 84.3 Å². The van der Waals surface area contributed by atoms with Crippen LogP contribution < -0.4 is 20.5 Å². The molecule has 1 saturated carbocycles. The molecule has 4 aliphatic heterocycles. The van der Waals surface area contributed by atoms with Crippen molar-refractivity contribution in [2.75, 3.05) is 31.1 Å². The van der Waals surface area contributed by atoms with E-state index in [-0.39, 0.29) is 47.1 Å². The maximum Gasteiger partial charge on any atom is 0.265 e. The molecule has 3 amide bonds. The summed E-state index contributed by atoms with van der Waals surface area (Å²) < 4.78 is 42.3. The summed E-state index contributed by atoms with van der Waals surface area (Å²) in [7, 11) is 0. The largest absolute Gasteiger partial charge is 0.453 e. The second kappa shape index (κ2) is 16.7. The average molecular weight is 854 g/mol. The molecule has 1 unspecified atom stereocenters. The summed E-state index contributed by atoms with van der Waals surface area (Å²) in [5, 5.41) is 11.9. The Morgan fingerprint density at radius 3 is 2.29 bits per heavy atom. The first kappa shape index (κ1) is 40.6. The number of benzene rings is 4. The van der Waals surface area contributed by atoms with Gasteiger partial charge < -0.3 is 24.2 Å². The highest BCUT2D eigenvalue weighted by atomic mass is 19.1. The molecule has 322 valence electrons. The van der Waals surface area contributed by atoms with Gasteiger partial charge in [0, 0.05) is 43.3 Å². The van der Waals surface area contributed by atoms with Gasteiger partial charge in [-0.1, -0.05) is 12.1 Å². The van der Waals surface area contributed by atoms with Crippen molar-refractivity contribution >= 4 is 34.3 Å². The molecule has 1 N–H and O–H groups in total. The summed E-state index contributed by atoms with van der Waals surface area (Å²) in [5.74, 6) is -2.70. The monoisotopic (exact) mass is 853 g/mol. The minimum Gasteiger partial charge on any atom is -0.453 e. The topological polar surface area (TPSA) is 150 Å². The van der Waals surface area contributed by atoms with Gasteiger partial charge in [-0.15, -0.1) is 0 Å². The predicted octanol–water partition coefficient (Wildman–Crippen LogP) is 6.48. The van der Waals surface area contributed by atoms with Crippen molar-refractivity contribution < 1.29 is 32.6 Å². The lowest BCUT2D eigenvalue weighted by Gasteiger charge is -2.47. The van der Waals surface area contributed by atoms with Gasteiger partial charge in [0.1, 0.15) is 35.6 Å². The van der Waals surface area contributed by atoms with E-state index in [4.69, 9.17) is 9.47 Å². The molecule has 0 bridgehead atoms. The Hall–Kier alpha value is -6.50. The van der Waals surface area contributed by atoms with Crippen LogP contribution in [-0.4, -0.2) is 87.5 Å². The van der Waals surface area contributed by atoms with E-state index in [2.05, 4.69) is 38.3 Å². The van der Waals surface area contributed by atoms with Gasteiger partial charge in [0.2, 0.25) is 11.8 Å². The fourth-order valence-electron chi connectivity index (χ4n) is 9.94. The lowest BCUT2D eigenvalue weighted by atomic mass is 9.83. The van der Waals surface area contributed by atoms with E-state index in [9.17, 15) is 33.2 Å². The van der Waals surface area contributed by atoms with Crippen molar-refractivity contribution in [2.24, 2.45) is 0 Å². The molecular weight excluding hydrogens is 809 g/mol. The van der Waals surface area contributed by atoms with Crippen LogP contribution in [0.4, 0.5) is 14.5 Å². The van der Waals surface area contributed by atoms with E-state index in [1.807, 2.05) is 24.3 Å². The second-order valence-corrected chi connectivity index (χ2v) is 17.3. The molecule has 1 atom stereocenters. The van der Waals surface area contributed by atoms with Crippen molar-refractivity contribution in [2.45, 2.75) is 88.1 Å². The molecule has 1 aromatic heterocycles. The lowest BCUT2D eigenvalue weighted by Crippen LogP contribution is -2.52. The summed E-state index contributed by atoms with van der Waals surface area (Å²) in [6.07, 6.45) is 8.64. The van der Waals surface area contributed by atoms with Crippen LogP contribution in [0.2, 0.25) is 0 Å². The Labute approximate surface area is 361 Å². The van der Waals surface area contributed by atoms with Gasteiger partial charge in [-0.2, -0.15) is 5.26 Å². The van der Waals surface area contributed by atoms with Crippen LogP contribution in [-0.2, 0) is 20.9 Å². The SMILES string of the molecule is N#Cc1c(F)ccc(F)c1Oc1ccc2ncn(-c3ccc(C4CCN(C5CC(OC6CCN(c7ccc8c(c7)CN(C7CCC(=O)NC7=O)C8=O)CC6)C5)CC4)cc3)c(=O)c2c1. The summed E-state index contributed by atoms with van der Waals surface area (Å²) in [6, 6.07) is 21.7. The molecule has 0 radical (unpaired) electrons. The molecule has 13 nitrogen and oxygen atoms in total. The highest BCUT2D eigenvalue weighted by Gasteiger charge is 2.40. The van der Waals surface area contributed by atoms with E-state index in [1.165, 1.54) is 28.6 Å². The molecule has 1 aliphatic carbocycles. The highest BCUT2D eigenvalue weighted by Crippen LogP contribution is 2.38. The zero-order valence-electron chi connectivity index (χ0n) is 34.5. The van der Waals surface area contributed by atoms with Gasteiger partial charge in [0.25, 0.3) is 11.5 Å². The number of hydrogen-bond acceptors (Lipinski definition) is 10. The first-order valence-electron chi connectivity index (χ1n) is 21.7. The Morgan fingerprint density at radius 2 is 1.54 bits per heavy atom.